The van der Waals surface area contributed by atoms with Gasteiger partial charge >= 0.3 is 0 Å². The fourth-order valence-corrected chi connectivity index (χ4v) is 1.74. The number of nitrogens with one attached hydrogen (secondary N) is 1. The zero-order chi connectivity index (χ0) is 13.8. The Morgan fingerprint density at radius 2 is 2.26 bits per heavy atom. The fraction of sp³-hybridized carbons (Fsp3) is 0.214. The molecule has 0 bridgehead atoms. The molecule has 0 spiro atoms. The molecule has 0 saturated heterocycles. The molecule has 2 aromatic rings. The van der Waals surface area contributed by atoms with Gasteiger partial charge in [-0.25, -0.2) is 4.39 Å². The summed E-state index contributed by atoms with van der Waals surface area (Å²) < 4.78 is 14.6. The number of aromatic nitrogens is 1. The molecule has 100 valence electrons. The summed E-state index contributed by atoms with van der Waals surface area (Å²) in [6.07, 6.45) is 2.86. The lowest BCUT2D eigenvalue weighted by molar-refractivity contribution is -0.116. The molecule has 1 aromatic heterocycles. The van der Waals surface area contributed by atoms with Gasteiger partial charge in [-0.15, -0.1) is 0 Å². The second-order valence-electron chi connectivity index (χ2n) is 4.35. The van der Waals surface area contributed by atoms with E-state index in [2.05, 4.69) is 5.32 Å². The molecule has 0 saturated carbocycles. The Balaban J connectivity index is 1.97. The Kier molecular flexibility index (Phi) is 3.97. The average Bonchev–Trinajstić information content (AvgIpc) is 2.77. The van der Waals surface area contributed by atoms with Gasteiger partial charge in [0.05, 0.1) is 6.10 Å². The number of aliphatic hydroxyl groups excluding tert-OH is 1. The highest BCUT2D eigenvalue weighted by molar-refractivity contribution is 5.90. The monoisotopic (exact) mass is 262 g/mol. The first kappa shape index (κ1) is 13.3. The molecule has 0 fully saturated rings. The van der Waals surface area contributed by atoms with Crippen LogP contribution in [0.25, 0.3) is 0 Å². The lowest BCUT2D eigenvalue weighted by Gasteiger charge is -2.06. The van der Waals surface area contributed by atoms with Crippen LogP contribution in [-0.4, -0.2) is 15.6 Å². The van der Waals surface area contributed by atoms with Gasteiger partial charge in [-0.3, -0.25) is 4.79 Å². The summed E-state index contributed by atoms with van der Waals surface area (Å²) in [5.41, 5.74) is 1.17. The van der Waals surface area contributed by atoms with Crippen LogP contribution in [0.3, 0.4) is 0 Å². The quantitative estimate of drug-likeness (QED) is 0.888. The smallest absolute Gasteiger partial charge is 0.244 e. The molecule has 4 nitrogen and oxygen atoms in total. The standard InChI is InChI=1S/C14H15FN2O2/c1-10(18)11-5-6-17(8-11)9-14(19)16-13-4-2-3-12(15)7-13/h2-8,10,18H,9H2,1H3,(H,16,19). The molecule has 1 aromatic carbocycles. The van der Waals surface area contributed by atoms with E-state index >= 15 is 0 Å². The summed E-state index contributed by atoms with van der Waals surface area (Å²) in [4.78, 5) is 11.8. The van der Waals surface area contributed by atoms with Gasteiger partial charge in [0.2, 0.25) is 5.91 Å². The van der Waals surface area contributed by atoms with Gasteiger partial charge in [0.25, 0.3) is 0 Å². The Hall–Kier alpha value is -2.14. The molecule has 0 aliphatic rings. The summed E-state index contributed by atoms with van der Waals surface area (Å²) in [7, 11) is 0. The second-order valence-corrected chi connectivity index (χ2v) is 4.35. The lowest BCUT2D eigenvalue weighted by atomic mass is 10.2. The van der Waals surface area contributed by atoms with Crippen LogP contribution in [0.2, 0.25) is 0 Å². The second kappa shape index (κ2) is 5.67. The summed E-state index contributed by atoms with van der Waals surface area (Å²) in [5.74, 6) is -0.645. The number of hydrogen-bond acceptors (Lipinski definition) is 2. The third kappa shape index (κ3) is 3.66. The van der Waals surface area contributed by atoms with Gasteiger partial charge in [-0.1, -0.05) is 6.07 Å². The molecule has 19 heavy (non-hydrogen) atoms. The van der Waals surface area contributed by atoms with Crippen LogP contribution in [0.15, 0.2) is 42.7 Å². The van der Waals surface area contributed by atoms with Crippen LogP contribution in [0, 0.1) is 5.82 Å². The fourth-order valence-electron chi connectivity index (χ4n) is 1.74. The number of nitrogens with zero attached hydrogens (tertiary/aromatic N) is 1. The van der Waals surface area contributed by atoms with Crippen LogP contribution >= 0.6 is 0 Å². The van der Waals surface area contributed by atoms with Crippen molar-refractivity contribution in [3.63, 3.8) is 0 Å². The lowest BCUT2D eigenvalue weighted by Crippen LogP contribution is -2.17. The van der Waals surface area contributed by atoms with Crippen LogP contribution in [0.1, 0.15) is 18.6 Å². The predicted octanol–water partition coefficient (Wildman–Crippen LogP) is 2.32. The van der Waals surface area contributed by atoms with Crippen molar-refractivity contribution in [1.82, 2.24) is 4.57 Å². The van der Waals surface area contributed by atoms with Gasteiger partial charge in [0, 0.05) is 18.1 Å². The molecule has 1 heterocycles. The highest BCUT2D eigenvalue weighted by atomic mass is 19.1. The van der Waals surface area contributed by atoms with Crippen molar-refractivity contribution < 1.29 is 14.3 Å². The molecular formula is C14H15FN2O2. The third-order valence-corrected chi connectivity index (χ3v) is 2.69. The average molecular weight is 262 g/mol. The molecule has 1 amide bonds. The first-order valence-electron chi connectivity index (χ1n) is 5.94. The summed E-state index contributed by atoms with van der Waals surface area (Å²) in [5, 5.41) is 12.0. The summed E-state index contributed by atoms with van der Waals surface area (Å²) in [6.45, 7) is 1.77. The number of carbonyl (C=O) groups excluding carboxylic acids is 1. The predicted molar refractivity (Wildman–Crippen MR) is 70.1 cm³/mol. The van der Waals surface area contributed by atoms with Crippen molar-refractivity contribution in [1.29, 1.82) is 0 Å². The van der Waals surface area contributed by atoms with Gasteiger partial charge < -0.3 is 15.0 Å². The maximum Gasteiger partial charge on any atom is 0.244 e. The van der Waals surface area contributed by atoms with Crippen LogP contribution in [0.4, 0.5) is 10.1 Å². The third-order valence-electron chi connectivity index (χ3n) is 2.69. The molecule has 2 rings (SSSR count). The first-order chi connectivity index (χ1) is 9.04. The minimum absolute atomic E-state index is 0.114. The number of amides is 1. The summed E-state index contributed by atoms with van der Waals surface area (Å²) in [6, 6.07) is 7.48. The van der Waals surface area contributed by atoms with E-state index in [1.165, 1.54) is 18.2 Å². The molecular weight excluding hydrogens is 247 g/mol. The van der Waals surface area contributed by atoms with Crippen molar-refractivity contribution in [2.45, 2.75) is 19.6 Å². The van der Waals surface area contributed by atoms with Crippen molar-refractivity contribution in [3.05, 3.63) is 54.1 Å². The largest absolute Gasteiger partial charge is 0.389 e. The van der Waals surface area contributed by atoms with Crippen LogP contribution in [-0.2, 0) is 11.3 Å². The van der Waals surface area contributed by atoms with E-state index in [0.29, 0.717) is 5.69 Å². The van der Waals surface area contributed by atoms with Crippen molar-refractivity contribution in [3.8, 4) is 0 Å². The minimum Gasteiger partial charge on any atom is -0.389 e. The van der Waals surface area contributed by atoms with Crippen molar-refractivity contribution in [2.75, 3.05) is 5.32 Å². The molecule has 1 atom stereocenters. The maximum absolute atomic E-state index is 13.0. The number of anilines is 1. The molecule has 0 radical (unpaired) electrons. The number of halogens is 1. The van der Waals surface area contributed by atoms with Crippen molar-refractivity contribution in [2.24, 2.45) is 0 Å². The topological polar surface area (TPSA) is 54.3 Å². The zero-order valence-electron chi connectivity index (χ0n) is 10.5. The van der Waals surface area contributed by atoms with E-state index in [-0.39, 0.29) is 12.5 Å². The Bertz CT molecular complexity index is 578. The Morgan fingerprint density at radius 1 is 1.47 bits per heavy atom. The van der Waals surface area contributed by atoms with E-state index in [4.69, 9.17) is 0 Å². The zero-order valence-corrected chi connectivity index (χ0v) is 10.5. The molecule has 1 unspecified atom stereocenters. The van der Waals surface area contributed by atoms with E-state index < -0.39 is 11.9 Å². The van der Waals surface area contributed by atoms with E-state index in [1.54, 1.807) is 36.0 Å². The van der Waals surface area contributed by atoms with E-state index in [1.807, 2.05) is 0 Å². The molecule has 5 heteroatoms. The Labute approximate surface area is 110 Å². The first-order valence-corrected chi connectivity index (χ1v) is 5.94. The highest BCUT2D eigenvalue weighted by Crippen LogP contribution is 2.12. The number of benzene rings is 1. The number of aliphatic hydroxyl groups is 1. The number of hydrogen-bond donors (Lipinski definition) is 2. The van der Waals surface area contributed by atoms with Gasteiger partial charge in [-0.2, -0.15) is 0 Å². The molecule has 2 N–H and O–H groups in total. The van der Waals surface area contributed by atoms with Gasteiger partial charge in [0.15, 0.2) is 0 Å². The normalized spacial score (nSPS) is 12.2. The highest BCUT2D eigenvalue weighted by Gasteiger charge is 2.07. The summed E-state index contributed by atoms with van der Waals surface area (Å²) >= 11 is 0. The SMILES string of the molecule is CC(O)c1ccn(CC(=O)Nc2cccc(F)c2)c1. The van der Waals surface area contributed by atoms with Gasteiger partial charge in [0.1, 0.15) is 12.4 Å². The van der Waals surface area contributed by atoms with Gasteiger partial charge in [-0.05, 0) is 36.8 Å². The number of carbonyl (C=O) groups is 1. The van der Waals surface area contributed by atoms with E-state index in [9.17, 15) is 14.3 Å². The van der Waals surface area contributed by atoms with E-state index in [0.717, 1.165) is 5.56 Å². The van der Waals surface area contributed by atoms with Crippen molar-refractivity contribution >= 4 is 11.6 Å². The maximum atomic E-state index is 13.0. The molecule has 0 aliphatic heterocycles. The van der Waals surface area contributed by atoms with Crippen LogP contribution < -0.4 is 5.32 Å². The molecule has 0 aliphatic carbocycles. The number of rotatable bonds is 4. The minimum atomic E-state index is -0.562. The Morgan fingerprint density at radius 3 is 2.89 bits per heavy atom. The van der Waals surface area contributed by atoms with Crippen LogP contribution in [0.5, 0.6) is 0 Å².